The normalized spacial score (nSPS) is 16.4. The second kappa shape index (κ2) is 9.61. The van der Waals surface area contributed by atoms with E-state index in [1.807, 2.05) is 52.8 Å². The number of hydrogen-bond donors (Lipinski definition) is 3. The molecule has 4 rings (SSSR count). The second-order valence-corrected chi connectivity index (χ2v) is 10.00. The predicted molar refractivity (Wildman–Crippen MR) is 143 cm³/mol. The van der Waals surface area contributed by atoms with Gasteiger partial charge in [-0.2, -0.15) is 0 Å². The van der Waals surface area contributed by atoms with Crippen LogP contribution in [-0.4, -0.2) is 20.9 Å². The van der Waals surface area contributed by atoms with Crippen LogP contribution < -0.4 is 10.2 Å². The maximum atomic E-state index is 13.1. The summed E-state index contributed by atoms with van der Waals surface area (Å²) in [5.41, 5.74) is 2.71. The van der Waals surface area contributed by atoms with E-state index in [1.165, 1.54) is 23.8 Å². The summed E-state index contributed by atoms with van der Waals surface area (Å²) in [5, 5.41) is 31.9. The van der Waals surface area contributed by atoms with Crippen molar-refractivity contribution in [2.75, 3.05) is 0 Å². The molecule has 1 aromatic heterocycles. The minimum atomic E-state index is -0.599. The Labute approximate surface area is 210 Å². The molecule has 1 aliphatic heterocycles. The van der Waals surface area contributed by atoms with E-state index in [0.717, 1.165) is 18.4 Å². The molecule has 3 N–H and O–H groups in total. The highest BCUT2D eigenvalue weighted by Gasteiger charge is 2.30. The van der Waals surface area contributed by atoms with Crippen molar-refractivity contribution < 1.29 is 24.5 Å². The molecule has 0 radical (unpaired) electrons. The van der Waals surface area contributed by atoms with Crippen LogP contribution in [0.25, 0.3) is 28.4 Å². The minimum Gasteiger partial charge on any atom is -0.507 e. The molecule has 6 nitrogen and oxygen atoms in total. The third-order valence-electron chi connectivity index (χ3n) is 6.36. The molecule has 0 aliphatic carbocycles. The molecular formula is C30H32O6. The monoisotopic (exact) mass is 488 g/mol. The van der Waals surface area contributed by atoms with Gasteiger partial charge in [-0.3, -0.25) is 4.79 Å². The summed E-state index contributed by atoms with van der Waals surface area (Å²) in [6.07, 6.45) is 9.68. The standard InChI is InChI=1S/C30H32O6/c1-17(2)7-6-13-30(5)14-12-20-19(10-11-22(31)29(20)36-30)25-16-24(33)27-26(35-25)15-23(32)21(28(27)34)9-8-18(3)4/h7-8,10-12,14-16,31-32,34H,6,9,13H2,1-5H3/t30-/m0/s1. The number of hydrogen-bond acceptors (Lipinski definition) is 6. The van der Waals surface area contributed by atoms with Crippen LogP contribution in [0.2, 0.25) is 0 Å². The Hall–Kier alpha value is -3.93. The van der Waals surface area contributed by atoms with E-state index >= 15 is 0 Å². The van der Waals surface area contributed by atoms with Crippen LogP contribution >= 0.6 is 0 Å². The third kappa shape index (κ3) is 4.89. The number of benzene rings is 2. The zero-order valence-electron chi connectivity index (χ0n) is 21.3. The molecule has 36 heavy (non-hydrogen) atoms. The molecule has 6 heteroatoms. The summed E-state index contributed by atoms with van der Waals surface area (Å²) >= 11 is 0. The Bertz CT molecular complexity index is 1480. The number of fused-ring (bicyclic) bond motifs is 2. The van der Waals surface area contributed by atoms with E-state index in [4.69, 9.17) is 9.15 Å². The van der Waals surface area contributed by atoms with Crippen molar-refractivity contribution in [2.45, 2.75) is 59.5 Å². The highest BCUT2D eigenvalue weighted by molar-refractivity contribution is 5.89. The van der Waals surface area contributed by atoms with Gasteiger partial charge in [0.25, 0.3) is 0 Å². The second-order valence-electron chi connectivity index (χ2n) is 10.00. The Morgan fingerprint density at radius 2 is 1.72 bits per heavy atom. The summed E-state index contributed by atoms with van der Waals surface area (Å²) in [6, 6.07) is 5.83. The van der Waals surface area contributed by atoms with E-state index < -0.39 is 11.0 Å². The summed E-state index contributed by atoms with van der Waals surface area (Å²) in [5.74, 6) is 0.113. The number of allylic oxidation sites excluding steroid dienone is 4. The SMILES string of the molecule is CC(C)=CCC[C@@]1(C)C=Cc2c(-c3cc(=O)c4c(O)c(CC=C(C)C)c(O)cc4o3)ccc(O)c2O1. The molecule has 2 heterocycles. The van der Waals surface area contributed by atoms with Gasteiger partial charge >= 0.3 is 0 Å². The quantitative estimate of drug-likeness (QED) is 0.323. The van der Waals surface area contributed by atoms with Crippen LogP contribution in [0.4, 0.5) is 0 Å². The predicted octanol–water partition coefficient (Wildman–Crippen LogP) is 7.00. The summed E-state index contributed by atoms with van der Waals surface area (Å²) in [7, 11) is 0. The molecule has 0 fully saturated rings. The van der Waals surface area contributed by atoms with Gasteiger partial charge in [-0.15, -0.1) is 0 Å². The topological polar surface area (TPSA) is 100 Å². The minimum absolute atomic E-state index is 0.00567. The van der Waals surface area contributed by atoms with Crippen LogP contribution in [0.15, 0.2) is 62.9 Å². The first-order chi connectivity index (χ1) is 17.0. The maximum Gasteiger partial charge on any atom is 0.197 e. The Kier molecular flexibility index (Phi) is 6.72. The van der Waals surface area contributed by atoms with Crippen molar-refractivity contribution in [1.29, 1.82) is 0 Å². The van der Waals surface area contributed by atoms with Crippen LogP contribution in [0, 0.1) is 0 Å². The lowest BCUT2D eigenvalue weighted by Crippen LogP contribution is -2.31. The molecule has 3 aromatic rings. The van der Waals surface area contributed by atoms with Gasteiger partial charge in [0, 0.05) is 28.8 Å². The average Bonchev–Trinajstić information content (AvgIpc) is 2.78. The van der Waals surface area contributed by atoms with Gasteiger partial charge in [0.15, 0.2) is 16.9 Å². The lowest BCUT2D eigenvalue weighted by molar-refractivity contribution is 0.124. The summed E-state index contributed by atoms with van der Waals surface area (Å²) < 4.78 is 12.2. The lowest BCUT2D eigenvalue weighted by Gasteiger charge is -2.32. The first kappa shape index (κ1) is 25.2. The van der Waals surface area contributed by atoms with E-state index in [9.17, 15) is 20.1 Å². The van der Waals surface area contributed by atoms with Crippen molar-refractivity contribution >= 4 is 17.0 Å². The van der Waals surface area contributed by atoms with Gasteiger partial charge in [-0.25, -0.2) is 0 Å². The Balaban J connectivity index is 1.79. The molecule has 0 amide bonds. The van der Waals surface area contributed by atoms with Gasteiger partial charge in [0.2, 0.25) is 0 Å². The molecule has 0 unspecified atom stereocenters. The van der Waals surface area contributed by atoms with Crippen molar-refractivity contribution in [3.63, 3.8) is 0 Å². The summed E-state index contributed by atoms with van der Waals surface area (Å²) in [6.45, 7) is 9.89. The molecular weight excluding hydrogens is 456 g/mol. The highest BCUT2D eigenvalue weighted by atomic mass is 16.5. The van der Waals surface area contributed by atoms with Crippen LogP contribution in [-0.2, 0) is 6.42 Å². The smallest absolute Gasteiger partial charge is 0.197 e. The van der Waals surface area contributed by atoms with Gasteiger partial charge in [-0.1, -0.05) is 29.4 Å². The Morgan fingerprint density at radius 1 is 1.00 bits per heavy atom. The maximum absolute atomic E-state index is 13.1. The van der Waals surface area contributed by atoms with Crippen LogP contribution in [0.3, 0.4) is 0 Å². The largest absolute Gasteiger partial charge is 0.507 e. The zero-order chi connectivity index (χ0) is 26.2. The van der Waals surface area contributed by atoms with Gasteiger partial charge < -0.3 is 24.5 Å². The summed E-state index contributed by atoms with van der Waals surface area (Å²) in [4.78, 5) is 13.1. The number of phenols is 3. The fourth-order valence-corrected chi connectivity index (χ4v) is 4.35. The van der Waals surface area contributed by atoms with Crippen LogP contribution in [0.1, 0.15) is 58.6 Å². The van der Waals surface area contributed by atoms with E-state index in [2.05, 4.69) is 6.08 Å². The van der Waals surface area contributed by atoms with E-state index in [0.29, 0.717) is 16.9 Å². The average molecular weight is 489 g/mol. The molecule has 0 bridgehead atoms. The fourth-order valence-electron chi connectivity index (χ4n) is 4.35. The lowest BCUT2D eigenvalue weighted by atomic mass is 9.92. The van der Waals surface area contributed by atoms with E-state index in [1.54, 1.807) is 6.07 Å². The molecule has 0 spiro atoms. The van der Waals surface area contributed by atoms with Gasteiger partial charge in [0.1, 0.15) is 33.8 Å². The molecule has 188 valence electrons. The van der Waals surface area contributed by atoms with Gasteiger partial charge in [0.05, 0.1) is 0 Å². The molecule has 1 atom stereocenters. The van der Waals surface area contributed by atoms with Crippen LogP contribution in [0.5, 0.6) is 23.0 Å². The van der Waals surface area contributed by atoms with Crippen molar-refractivity contribution in [1.82, 2.24) is 0 Å². The fraction of sp³-hybridized carbons (Fsp3) is 0.300. The third-order valence-corrected chi connectivity index (χ3v) is 6.36. The van der Waals surface area contributed by atoms with Crippen molar-refractivity contribution in [3.8, 4) is 34.3 Å². The highest BCUT2D eigenvalue weighted by Crippen LogP contribution is 2.45. The first-order valence-corrected chi connectivity index (χ1v) is 12.0. The molecule has 2 aromatic carbocycles. The van der Waals surface area contributed by atoms with E-state index in [-0.39, 0.29) is 46.0 Å². The molecule has 1 aliphatic rings. The molecule has 0 saturated heterocycles. The first-order valence-electron chi connectivity index (χ1n) is 12.0. The van der Waals surface area contributed by atoms with Crippen molar-refractivity contribution in [3.05, 3.63) is 75.0 Å². The Morgan fingerprint density at radius 3 is 2.42 bits per heavy atom. The number of phenolic OH excluding ortho intramolecular Hbond substituents is 3. The number of rotatable bonds is 6. The van der Waals surface area contributed by atoms with Gasteiger partial charge in [-0.05, 0) is 72.1 Å². The zero-order valence-corrected chi connectivity index (χ0v) is 21.3. The van der Waals surface area contributed by atoms with Crippen molar-refractivity contribution in [2.24, 2.45) is 0 Å². The molecule has 0 saturated carbocycles. The number of aromatic hydroxyl groups is 3. The number of ether oxygens (including phenoxy) is 1.